The standard InChI is InChI=1S/C13H11NO4S2/c1-7(15)10-3-4-11(19-10)8-2-5-12-9(6-8)13(16)14-20(12,17)18/h2,4-6,10H,3H2,1H3,(H,14,16). The molecule has 0 aliphatic carbocycles. The third-order valence-electron chi connectivity index (χ3n) is 3.27. The maximum atomic E-state index is 11.7. The highest BCUT2D eigenvalue weighted by Gasteiger charge is 2.33. The fraction of sp³-hybridized carbons (Fsp3) is 0.231. The molecule has 1 aromatic rings. The first-order chi connectivity index (χ1) is 9.38. The van der Waals surface area contributed by atoms with E-state index >= 15 is 0 Å². The smallest absolute Gasteiger partial charge is 0.266 e. The molecule has 0 saturated carbocycles. The van der Waals surface area contributed by atoms with Crippen molar-refractivity contribution < 1.29 is 18.0 Å². The molecule has 0 fully saturated rings. The summed E-state index contributed by atoms with van der Waals surface area (Å²) in [7, 11) is -3.70. The van der Waals surface area contributed by atoms with Gasteiger partial charge in [-0.3, -0.25) is 9.59 Å². The van der Waals surface area contributed by atoms with Gasteiger partial charge in [0.05, 0.1) is 10.8 Å². The van der Waals surface area contributed by atoms with E-state index < -0.39 is 15.9 Å². The minimum absolute atomic E-state index is 0.0120. The summed E-state index contributed by atoms with van der Waals surface area (Å²) in [5.74, 6) is -0.490. The van der Waals surface area contributed by atoms with Crippen LogP contribution in [0.5, 0.6) is 0 Å². The molecule has 0 spiro atoms. The summed E-state index contributed by atoms with van der Waals surface area (Å²) < 4.78 is 25.2. The molecule has 1 unspecified atom stereocenters. The van der Waals surface area contributed by atoms with E-state index in [9.17, 15) is 18.0 Å². The van der Waals surface area contributed by atoms with Gasteiger partial charge in [0.25, 0.3) is 15.9 Å². The van der Waals surface area contributed by atoms with Crippen LogP contribution in [0.25, 0.3) is 4.91 Å². The van der Waals surface area contributed by atoms with Gasteiger partial charge >= 0.3 is 0 Å². The Hall–Kier alpha value is -1.60. The van der Waals surface area contributed by atoms with E-state index in [0.717, 1.165) is 10.5 Å². The van der Waals surface area contributed by atoms with Gasteiger partial charge < -0.3 is 0 Å². The number of amides is 1. The molecule has 0 bridgehead atoms. The number of hydrogen-bond acceptors (Lipinski definition) is 5. The molecule has 20 heavy (non-hydrogen) atoms. The molecule has 0 saturated heterocycles. The normalized spacial score (nSPS) is 23.1. The zero-order valence-corrected chi connectivity index (χ0v) is 12.2. The number of carbonyl (C=O) groups excluding carboxylic acids is 2. The summed E-state index contributed by atoms with van der Waals surface area (Å²) in [6, 6.07) is 4.66. The molecule has 5 nitrogen and oxygen atoms in total. The van der Waals surface area contributed by atoms with Crippen LogP contribution in [-0.2, 0) is 14.8 Å². The lowest BCUT2D eigenvalue weighted by atomic mass is 10.1. The first-order valence-electron chi connectivity index (χ1n) is 5.97. The number of allylic oxidation sites excluding steroid dienone is 1. The molecule has 1 aromatic carbocycles. The van der Waals surface area contributed by atoms with E-state index in [1.54, 1.807) is 19.1 Å². The average Bonchev–Trinajstić information content (AvgIpc) is 2.94. The van der Waals surface area contributed by atoms with Crippen molar-refractivity contribution in [3.8, 4) is 0 Å². The Bertz CT molecular complexity index is 765. The van der Waals surface area contributed by atoms with Gasteiger partial charge in [-0.05, 0) is 31.0 Å². The van der Waals surface area contributed by atoms with Gasteiger partial charge in [0.15, 0.2) is 0 Å². The molecule has 104 valence electrons. The predicted molar refractivity (Wildman–Crippen MR) is 75.7 cm³/mol. The van der Waals surface area contributed by atoms with Crippen molar-refractivity contribution in [3.05, 3.63) is 35.4 Å². The Morgan fingerprint density at radius 3 is 2.80 bits per heavy atom. The van der Waals surface area contributed by atoms with E-state index in [4.69, 9.17) is 0 Å². The molecular weight excluding hydrogens is 298 g/mol. The fourth-order valence-corrected chi connectivity index (χ4v) is 4.50. The first-order valence-corrected chi connectivity index (χ1v) is 8.33. The quantitative estimate of drug-likeness (QED) is 0.896. The number of benzene rings is 1. The van der Waals surface area contributed by atoms with Gasteiger partial charge in [-0.1, -0.05) is 12.1 Å². The Morgan fingerprint density at radius 1 is 1.40 bits per heavy atom. The maximum Gasteiger partial charge on any atom is 0.266 e. The Labute approximate surface area is 120 Å². The summed E-state index contributed by atoms with van der Waals surface area (Å²) in [4.78, 5) is 23.9. The van der Waals surface area contributed by atoms with Crippen LogP contribution in [0.1, 0.15) is 29.3 Å². The van der Waals surface area contributed by atoms with Crippen molar-refractivity contribution in [1.29, 1.82) is 0 Å². The van der Waals surface area contributed by atoms with Crippen molar-refractivity contribution in [1.82, 2.24) is 4.72 Å². The summed E-state index contributed by atoms with van der Waals surface area (Å²) in [5.41, 5.74) is 0.931. The van der Waals surface area contributed by atoms with Crippen LogP contribution in [-0.4, -0.2) is 25.4 Å². The lowest BCUT2D eigenvalue weighted by Gasteiger charge is -2.06. The SMILES string of the molecule is CC(=O)C1CC=C(c2ccc3c(c2)C(=O)NS3(=O)=O)S1. The predicted octanol–water partition coefficient (Wildman–Crippen LogP) is 1.55. The molecule has 0 aromatic heterocycles. The van der Waals surface area contributed by atoms with Gasteiger partial charge in [0.2, 0.25) is 0 Å². The van der Waals surface area contributed by atoms with Crippen LogP contribution in [0.15, 0.2) is 29.2 Å². The fourth-order valence-electron chi connectivity index (χ4n) is 2.23. The second-order valence-electron chi connectivity index (χ2n) is 4.67. The third kappa shape index (κ3) is 2.06. The third-order valence-corrected chi connectivity index (χ3v) is 6.12. The second kappa shape index (κ2) is 4.46. The van der Waals surface area contributed by atoms with Crippen LogP contribution >= 0.6 is 11.8 Å². The number of nitrogens with one attached hydrogen (secondary N) is 1. The molecular formula is C13H11NO4S2. The summed E-state index contributed by atoms with van der Waals surface area (Å²) in [6.07, 6.45) is 2.61. The zero-order valence-electron chi connectivity index (χ0n) is 10.5. The Morgan fingerprint density at radius 2 is 2.15 bits per heavy atom. The van der Waals surface area contributed by atoms with Crippen LogP contribution in [0, 0.1) is 0 Å². The van der Waals surface area contributed by atoms with Crippen LogP contribution in [0.2, 0.25) is 0 Å². The van der Waals surface area contributed by atoms with Gasteiger partial charge in [0, 0.05) is 4.91 Å². The molecule has 1 N–H and O–H groups in total. The van der Waals surface area contributed by atoms with E-state index in [-0.39, 0.29) is 21.5 Å². The number of Topliss-reactive ketones (excluding diaryl/α,β-unsaturated/α-hetero) is 1. The first kappa shape index (κ1) is 13.4. The Balaban J connectivity index is 1.98. The van der Waals surface area contributed by atoms with Gasteiger partial charge in [0.1, 0.15) is 10.7 Å². The zero-order chi connectivity index (χ0) is 14.5. The highest BCUT2D eigenvalue weighted by atomic mass is 32.2. The summed E-state index contributed by atoms with van der Waals surface area (Å²) >= 11 is 1.45. The molecule has 0 radical (unpaired) electrons. The van der Waals surface area contributed by atoms with Gasteiger partial charge in [-0.15, -0.1) is 11.8 Å². The number of ketones is 1. The number of rotatable bonds is 2. The molecule has 1 atom stereocenters. The van der Waals surface area contributed by atoms with Crippen LogP contribution in [0.4, 0.5) is 0 Å². The number of carbonyl (C=O) groups is 2. The molecule has 2 aliphatic heterocycles. The van der Waals surface area contributed by atoms with Crippen LogP contribution in [0.3, 0.4) is 0 Å². The van der Waals surface area contributed by atoms with Crippen LogP contribution < -0.4 is 4.72 Å². The minimum Gasteiger partial charge on any atom is -0.299 e. The number of hydrogen-bond donors (Lipinski definition) is 1. The van der Waals surface area contributed by atoms with Crippen molar-refractivity contribution in [2.24, 2.45) is 0 Å². The topological polar surface area (TPSA) is 80.3 Å². The van der Waals surface area contributed by atoms with Crippen molar-refractivity contribution >= 4 is 38.4 Å². The molecule has 1 amide bonds. The maximum absolute atomic E-state index is 11.7. The highest BCUT2D eigenvalue weighted by Crippen LogP contribution is 2.40. The monoisotopic (exact) mass is 309 g/mol. The van der Waals surface area contributed by atoms with E-state index in [1.165, 1.54) is 17.8 Å². The minimum atomic E-state index is -3.70. The Kier molecular flexibility index (Phi) is 2.98. The van der Waals surface area contributed by atoms with Gasteiger partial charge in [-0.25, -0.2) is 13.1 Å². The van der Waals surface area contributed by atoms with Crippen molar-refractivity contribution in [3.63, 3.8) is 0 Å². The summed E-state index contributed by atoms with van der Waals surface area (Å²) in [5, 5.41) is -0.0872. The van der Waals surface area contributed by atoms with Crippen molar-refractivity contribution in [2.75, 3.05) is 0 Å². The van der Waals surface area contributed by atoms with E-state index in [2.05, 4.69) is 0 Å². The molecule has 2 aliphatic rings. The number of thioether (sulfide) groups is 1. The largest absolute Gasteiger partial charge is 0.299 e. The average molecular weight is 309 g/mol. The molecule has 2 heterocycles. The molecule has 3 rings (SSSR count). The highest BCUT2D eigenvalue weighted by molar-refractivity contribution is 8.09. The van der Waals surface area contributed by atoms with Crippen molar-refractivity contribution in [2.45, 2.75) is 23.5 Å². The van der Waals surface area contributed by atoms with E-state index in [1.807, 2.05) is 10.8 Å². The lowest BCUT2D eigenvalue weighted by Crippen LogP contribution is -2.20. The number of fused-ring (bicyclic) bond motifs is 1. The van der Waals surface area contributed by atoms with Gasteiger partial charge in [-0.2, -0.15) is 0 Å². The molecule has 7 heteroatoms. The summed E-state index contributed by atoms with van der Waals surface area (Å²) in [6.45, 7) is 1.55. The lowest BCUT2D eigenvalue weighted by molar-refractivity contribution is -0.116. The van der Waals surface area contributed by atoms with E-state index in [0.29, 0.717) is 6.42 Å². The number of sulfonamides is 1. The second-order valence-corrected chi connectivity index (χ2v) is 7.56.